The number of rotatable bonds is 4. The number of carbonyl (C=O) groups excluding carboxylic acids is 1. The zero-order valence-electron chi connectivity index (χ0n) is 16.2. The molecule has 2 aromatic heterocycles. The summed E-state index contributed by atoms with van der Waals surface area (Å²) in [5, 5.41) is 12.5. The van der Waals surface area contributed by atoms with Crippen molar-refractivity contribution in [2.24, 2.45) is 0 Å². The van der Waals surface area contributed by atoms with Crippen molar-refractivity contribution in [2.75, 3.05) is 44.3 Å². The summed E-state index contributed by atoms with van der Waals surface area (Å²) in [6.07, 6.45) is 3.45. The number of carbonyl (C=O) groups is 1. The quantitative estimate of drug-likeness (QED) is 0.580. The van der Waals surface area contributed by atoms with Crippen LogP contribution in [0.4, 0.5) is 5.13 Å². The number of hydrogen-bond acceptors (Lipinski definition) is 8. The highest BCUT2D eigenvalue weighted by atomic mass is 32.1. The van der Waals surface area contributed by atoms with Gasteiger partial charge in [0, 0.05) is 32.3 Å². The third-order valence-corrected chi connectivity index (χ3v) is 7.02. The Bertz CT molecular complexity index is 1060. The molecular formula is C21H20N4O3S2. The number of hydrogen-bond donors (Lipinski definition) is 0. The number of anilines is 1. The Kier molecular flexibility index (Phi) is 5.37. The molecule has 0 aliphatic carbocycles. The SMILES string of the molecule is O=C(/C=C\c1ccc2c(c1)OCCO2)N1CCN(c2nnc(-c3cccs3)s2)CC1. The predicted octanol–water partition coefficient (Wildman–Crippen LogP) is 3.40. The molecule has 0 N–H and O–H groups in total. The normalized spacial score (nSPS) is 16.3. The molecule has 0 saturated carbocycles. The molecule has 1 fully saturated rings. The second kappa shape index (κ2) is 8.45. The maximum Gasteiger partial charge on any atom is 0.246 e. The zero-order valence-corrected chi connectivity index (χ0v) is 17.8. The number of thiophene rings is 1. The molecule has 154 valence electrons. The van der Waals surface area contributed by atoms with E-state index in [9.17, 15) is 4.79 Å². The lowest BCUT2D eigenvalue weighted by Crippen LogP contribution is -2.48. The first kappa shape index (κ1) is 19.1. The first-order valence-corrected chi connectivity index (χ1v) is 11.4. The van der Waals surface area contributed by atoms with Gasteiger partial charge in [0.1, 0.15) is 13.2 Å². The van der Waals surface area contributed by atoms with Gasteiger partial charge in [0.2, 0.25) is 11.0 Å². The lowest BCUT2D eigenvalue weighted by molar-refractivity contribution is -0.126. The van der Waals surface area contributed by atoms with Gasteiger partial charge in [-0.1, -0.05) is 23.5 Å². The van der Waals surface area contributed by atoms with Crippen LogP contribution >= 0.6 is 22.7 Å². The predicted molar refractivity (Wildman–Crippen MR) is 118 cm³/mol. The maximum atomic E-state index is 12.6. The first-order chi connectivity index (χ1) is 14.8. The minimum atomic E-state index is 0.0149. The molecule has 0 unspecified atom stereocenters. The fraction of sp³-hybridized carbons (Fsp3) is 0.286. The zero-order chi connectivity index (χ0) is 20.3. The number of fused-ring (bicyclic) bond motifs is 1. The Labute approximate surface area is 182 Å². The van der Waals surface area contributed by atoms with Crippen molar-refractivity contribution in [3.05, 3.63) is 47.4 Å². The highest BCUT2D eigenvalue weighted by molar-refractivity contribution is 7.22. The van der Waals surface area contributed by atoms with Crippen molar-refractivity contribution in [3.8, 4) is 21.4 Å². The Morgan fingerprint density at radius 3 is 2.67 bits per heavy atom. The van der Waals surface area contributed by atoms with Crippen LogP contribution in [-0.4, -0.2) is 60.4 Å². The van der Waals surface area contributed by atoms with E-state index in [0.717, 1.165) is 45.2 Å². The van der Waals surface area contributed by atoms with Crippen LogP contribution in [-0.2, 0) is 4.79 Å². The number of ether oxygens (including phenoxy) is 2. The molecule has 0 radical (unpaired) electrons. The maximum absolute atomic E-state index is 12.6. The van der Waals surface area contributed by atoms with Crippen LogP contribution in [0.5, 0.6) is 11.5 Å². The third-order valence-electron chi connectivity index (χ3n) is 4.99. The van der Waals surface area contributed by atoms with Crippen LogP contribution in [0.3, 0.4) is 0 Å². The first-order valence-electron chi connectivity index (χ1n) is 9.75. The van der Waals surface area contributed by atoms with Crippen molar-refractivity contribution in [1.29, 1.82) is 0 Å². The molecule has 9 heteroatoms. The fourth-order valence-corrected chi connectivity index (χ4v) is 5.09. The molecule has 1 saturated heterocycles. The summed E-state index contributed by atoms with van der Waals surface area (Å²) in [5.41, 5.74) is 0.918. The molecule has 2 aliphatic rings. The van der Waals surface area contributed by atoms with Gasteiger partial charge in [-0.25, -0.2) is 0 Å². The average molecular weight is 441 g/mol. The Hall–Kier alpha value is -2.91. The molecule has 30 heavy (non-hydrogen) atoms. The largest absolute Gasteiger partial charge is 0.486 e. The third kappa shape index (κ3) is 4.03. The summed E-state index contributed by atoms with van der Waals surface area (Å²) >= 11 is 3.27. The van der Waals surface area contributed by atoms with Gasteiger partial charge in [0.05, 0.1) is 4.88 Å². The average Bonchev–Trinajstić information content (AvgIpc) is 3.49. The van der Waals surface area contributed by atoms with E-state index >= 15 is 0 Å². The van der Waals surface area contributed by atoms with Gasteiger partial charge >= 0.3 is 0 Å². The van der Waals surface area contributed by atoms with Crippen LogP contribution in [0.15, 0.2) is 41.8 Å². The van der Waals surface area contributed by atoms with E-state index in [4.69, 9.17) is 9.47 Å². The van der Waals surface area contributed by atoms with Gasteiger partial charge in [-0.3, -0.25) is 4.79 Å². The molecular weight excluding hydrogens is 420 g/mol. The van der Waals surface area contributed by atoms with Crippen molar-refractivity contribution >= 4 is 39.8 Å². The minimum Gasteiger partial charge on any atom is -0.486 e. The summed E-state index contributed by atoms with van der Waals surface area (Å²) < 4.78 is 11.1. The van der Waals surface area contributed by atoms with E-state index in [-0.39, 0.29) is 5.91 Å². The van der Waals surface area contributed by atoms with Crippen LogP contribution < -0.4 is 14.4 Å². The van der Waals surface area contributed by atoms with E-state index in [2.05, 4.69) is 21.2 Å². The molecule has 1 aromatic carbocycles. The molecule has 0 bridgehead atoms. The second-order valence-corrected chi connectivity index (χ2v) is 8.82. The summed E-state index contributed by atoms with van der Waals surface area (Å²) in [6, 6.07) is 9.78. The number of amides is 1. The van der Waals surface area contributed by atoms with Crippen LogP contribution in [0.25, 0.3) is 16.0 Å². The summed E-state index contributed by atoms with van der Waals surface area (Å²) in [6.45, 7) is 3.95. The van der Waals surface area contributed by atoms with E-state index in [1.807, 2.05) is 40.6 Å². The number of benzene rings is 1. The molecule has 3 aromatic rings. The molecule has 0 atom stereocenters. The number of aromatic nitrogens is 2. The Morgan fingerprint density at radius 2 is 1.87 bits per heavy atom. The highest BCUT2D eigenvalue weighted by Gasteiger charge is 2.22. The van der Waals surface area contributed by atoms with Gasteiger partial charge in [0.25, 0.3) is 0 Å². The monoisotopic (exact) mass is 440 g/mol. The fourth-order valence-electron chi connectivity index (χ4n) is 3.40. The van der Waals surface area contributed by atoms with Gasteiger partial charge in [-0.15, -0.1) is 21.5 Å². The van der Waals surface area contributed by atoms with E-state index < -0.39 is 0 Å². The summed E-state index contributed by atoms with van der Waals surface area (Å²) in [4.78, 5) is 17.8. The molecule has 4 heterocycles. The number of piperazine rings is 1. The van der Waals surface area contributed by atoms with Crippen molar-refractivity contribution in [2.45, 2.75) is 0 Å². The number of nitrogens with zero attached hydrogens (tertiary/aromatic N) is 4. The van der Waals surface area contributed by atoms with Gasteiger partial charge in [0.15, 0.2) is 16.5 Å². The molecule has 0 spiro atoms. The van der Waals surface area contributed by atoms with Gasteiger partial charge in [-0.05, 0) is 35.2 Å². The molecule has 5 rings (SSSR count). The van der Waals surface area contributed by atoms with Gasteiger partial charge < -0.3 is 19.3 Å². The smallest absolute Gasteiger partial charge is 0.246 e. The molecule has 1 amide bonds. The van der Waals surface area contributed by atoms with Gasteiger partial charge in [-0.2, -0.15) is 0 Å². The van der Waals surface area contributed by atoms with E-state index in [1.54, 1.807) is 28.7 Å². The summed E-state index contributed by atoms with van der Waals surface area (Å²) in [5.74, 6) is 1.49. The van der Waals surface area contributed by atoms with Crippen LogP contribution in [0.1, 0.15) is 5.56 Å². The Morgan fingerprint density at radius 1 is 1.03 bits per heavy atom. The summed E-state index contributed by atoms with van der Waals surface area (Å²) in [7, 11) is 0. The highest BCUT2D eigenvalue weighted by Crippen LogP contribution is 2.32. The topological polar surface area (TPSA) is 67.8 Å². The van der Waals surface area contributed by atoms with E-state index in [0.29, 0.717) is 26.3 Å². The van der Waals surface area contributed by atoms with E-state index in [1.165, 1.54) is 0 Å². The molecule has 2 aliphatic heterocycles. The standard InChI is InChI=1S/C21H20N4O3S2/c26-19(6-4-15-3-5-16-17(14-15)28-12-11-27-16)24-7-9-25(10-8-24)21-23-22-20(30-21)18-2-1-13-29-18/h1-6,13-14H,7-12H2/b6-4-. The van der Waals surface area contributed by atoms with Crippen molar-refractivity contribution < 1.29 is 14.3 Å². The lowest BCUT2D eigenvalue weighted by Gasteiger charge is -2.33. The van der Waals surface area contributed by atoms with Crippen molar-refractivity contribution in [3.63, 3.8) is 0 Å². The second-order valence-electron chi connectivity index (χ2n) is 6.92. The molecule has 7 nitrogen and oxygen atoms in total. The minimum absolute atomic E-state index is 0.0149. The van der Waals surface area contributed by atoms with Crippen LogP contribution in [0, 0.1) is 0 Å². The van der Waals surface area contributed by atoms with Crippen LogP contribution in [0.2, 0.25) is 0 Å². The van der Waals surface area contributed by atoms with Crippen molar-refractivity contribution in [1.82, 2.24) is 15.1 Å². The lowest BCUT2D eigenvalue weighted by atomic mass is 10.1. The Balaban J connectivity index is 1.17.